The molecule has 0 bridgehead atoms. The number of nitrogens with one attached hydrogen (secondary N) is 1. The molecule has 0 amide bonds. The van der Waals surface area contributed by atoms with Gasteiger partial charge in [0.2, 0.25) is 0 Å². The molecule has 0 aliphatic carbocycles. The van der Waals surface area contributed by atoms with Crippen LogP contribution in [0.25, 0.3) is 38.6 Å². The van der Waals surface area contributed by atoms with Crippen molar-refractivity contribution in [3.63, 3.8) is 0 Å². The van der Waals surface area contributed by atoms with E-state index >= 15 is 0 Å². The van der Waals surface area contributed by atoms with Crippen molar-refractivity contribution in [2.75, 3.05) is 7.05 Å². The molecular formula is C20H17N5. The lowest BCUT2D eigenvalue weighted by atomic mass is 9.97. The Hall–Kier alpha value is -3.34. The van der Waals surface area contributed by atoms with Crippen LogP contribution < -0.4 is 0 Å². The number of rotatable bonds is 3. The van der Waals surface area contributed by atoms with E-state index in [2.05, 4.69) is 43.1 Å². The molecule has 1 aromatic carbocycles. The molecule has 0 atom stereocenters. The number of fused-ring (bicyclic) bond motifs is 2. The molecule has 3 aromatic heterocycles. The molecule has 0 aliphatic heterocycles. The second-order valence-corrected chi connectivity index (χ2v) is 5.71. The summed E-state index contributed by atoms with van der Waals surface area (Å²) in [5, 5.41) is 2.10. The first-order valence-corrected chi connectivity index (χ1v) is 8.07. The minimum absolute atomic E-state index is 0.862. The van der Waals surface area contributed by atoms with Gasteiger partial charge in [0, 0.05) is 48.2 Å². The lowest BCUT2D eigenvalue weighted by Gasteiger charge is -2.07. The molecule has 4 rings (SSSR count). The third kappa shape index (κ3) is 2.59. The zero-order valence-corrected chi connectivity index (χ0v) is 14.1. The van der Waals surface area contributed by atoms with Crippen molar-refractivity contribution in [1.82, 2.24) is 19.9 Å². The molecule has 25 heavy (non-hydrogen) atoms. The fraction of sp³-hybridized carbons (Fsp3) is 0.100. The van der Waals surface area contributed by atoms with E-state index < -0.39 is 0 Å². The van der Waals surface area contributed by atoms with E-state index in [1.54, 1.807) is 13.4 Å². The number of H-pyrrole nitrogens is 1. The van der Waals surface area contributed by atoms with Gasteiger partial charge in [-0.15, -0.1) is 0 Å². The van der Waals surface area contributed by atoms with E-state index in [-0.39, 0.29) is 0 Å². The largest absolute Gasteiger partial charge is 0.345 e. The third-order valence-corrected chi connectivity index (χ3v) is 4.28. The Bertz CT molecular complexity index is 1120. The Morgan fingerprint density at radius 3 is 2.96 bits per heavy atom. The molecule has 0 unspecified atom stereocenters. The van der Waals surface area contributed by atoms with Crippen molar-refractivity contribution < 1.29 is 0 Å². The third-order valence-electron chi connectivity index (χ3n) is 4.28. The smallest absolute Gasteiger partial charge is 0.138 e. The van der Waals surface area contributed by atoms with Gasteiger partial charge >= 0.3 is 0 Å². The van der Waals surface area contributed by atoms with Crippen LogP contribution in [0.1, 0.15) is 12.5 Å². The van der Waals surface area contributed by atoms with E-state index in [1.165, 1.54) is 0 Å². The van der Waals surface area contributed by atoms with Crippen molar-refractivity contribution >= 4 is 33.7 Å². The molecule has 1 N–H and O–H groups in total. The van der Waals surface area contributed by atoms with E-state index in [0.717, 1.165) is 44.2 Å². The van der Waals surface area contributed by atoms with Crippen molar-refractivity contribution in [3.8, 4) is 11.1 Å². The molecule has 0 saturated heterocycles. The highest BCUT2D eigenvalue weighted by atomic mass is 14.8. The van der Waals surface area contributed by atoms with Crippen LogP contribution in [0.5, 0.6) is 0 Å². The Morgan fingerprint density at radius 2 is 2.12 bits per heavy atom. The summed E-state index contributed by atoms with van der Waals surface area (Å²) in [7, 11) is 1.78. The highest BCUT2D eigenvalue weighted by Crippen LogP contribution is 2.34. The molecule has 5 heteroatoms. The zero-order valence-electron chi connectivity index (χ0n) is 14.1. The number of aromatic amines is 1. The molecule has 4 aromatic rings. The number of aromatic nitrogens is 4. The van der Waals surface area contributed by atoms with E-state index in [1.807, 2.05) is 43.9 Å². The summed E-state index contributed by atoms with van der Waals surface area (Å²) in [5.41, 5.74) is 6.18. The number of nitrogens with zero attached hydrogens (tertiary/aromatic N) is 4. The van der Waals surface area contributed by atoms with E-state index in [4.69, 9.17) is 0 Å². The Morgan fingerprint density at radius 1 is 1.20 bits per heavy atom. The summed E-state index contributed by atoms with van der Waals surface area (Å²) in [6.45, 7) is 2.02. The maximum atomic E-state index is 4.48. The van der Waals surface area contributed by atoms with Gasteiger partial charge in [0.1, 0.15) is 12.0 Å². The van der Waals surface area contributed by atoms with Crippen molar-refractivity contribution in [2.45, 2.75) is 6.92 Å². The number of benzene rings is 1. The van der Waals surface area contributed by atoms with Gasteiger partial charge in [-0.3, -0.25) is 4.99 Å². The highest BCUT2D eigenvalue weighted by molar-refractivity contribution is 6.16. The number of allylic oxidation sites excluding steroid dienone is 2. The normalized spacial score (nSPS) is 12.5. The lowest BCUT2D eigenvalue weighted by molar-refractivity contribution is 1.22. The van der Waals surface area contributed by atoms with Crippen molar-refractivity contribution in [1.29, 1.82) is 0 Å². The van der Waals surface area contributed by atoms with Crippen LogP contribution in [0, 0.1) is 0 Å². The van der Waals surface area contributed by atoms with Crippen LogP contribution in [0.3, 0.4) is 0 Å². The topological polar surface area (TPSA) is 66.8 Å². The quantitative estimate of drug-likeness (QED) is 0.571. The summed E-state index contributed by atoms with van der Waals surface area (Å²) >= 11 is 0. The average Bonchev–Trinajstić information content (AvgIpc) is 3.10. The lowest BCUT2D eigenvalue weighted by Crippen LogP contribution is -1.90. The summed E-state index contributed by atoms with van der Waals surface area (Å²) in [6, 6.07) is 8.24. The summed E-state index contributed by atoms with van der Waals surface area (Å²) in [4.78, 5) is 20.3. The standard InChI is InChI=1S/C20H17N5/c1-3-13(9-21-2)16-6-7-23-20-19(16)17(11-24-20)14-4-5-18-15(8-14)10-22-12-25-18/h3-12H,1-2H3,(H,23,24)/b13-3+,21-9?. The first kappa shape index (κ1) is 15.2. The first-order valence-electron chi connectivity index (χ1n) is 8.07. The summed E-state index contributed by atoms with van der Waals surface area (Å²) in [5.74, 6) is 0. The van der Waals surface area contributed by atoms with Gasteiger partial charge < -0.3 is 4.98 Å². The number of hydrogen-bond donors (Lipinski definition) is 1. The number of aliphatic imine (C=N–C) groups is 1. The van der Waals surface area contributed by atoms with Gasteiger partial charge in [-0.05, 0) is 41.8 Å². The molecule has 5 nitrogen and oxygen atoms in total. The second-order valence-electron chi connectivity index (χ2n) is 5.71. The predicted molar refractivity (Wildman–Crippen MR) is 103 cm³/mol. The molecule has 0 radical (unpaired) electrons. The van der Waals surface area contributed by atoms with Gasteiger partial charge in [0.05, 0.1) is 5.52 Å². The van der Waals surface area contributed by atoms with Crippen LogP contribution in [0.15, 0.2) is 60.3 Å². The minimum Gasteiger partial charge on any atom is -0.345 e. The minimum atomic E-state index is 0.862. The Balaban J connectivity index is 1.98. The van der Waals surface area contributed by atoms with Crippen LogP contribution in [0.2, 0.25) is 0 Å². The van der Waals surface area contributed by atoms with Gasteiger partial charge in [-0.25, -0.2) is 15.0 Å². The summed E-state index contributed by atoms with van der Waals surface area (Å²) in [6.07, 6.45) is 11.2. The highest BCUT2D eigenvalue weighted by Gasteiger charge is 2.13. The molecule has 3 heterocycles. The van der Waals surface area contributed by atoms with Crippen LogP contribution in [-0.2, 0) is 0 Å². The van der Waals surface area contributed by atoms with Gasteiger partial charge in [-0.2, -0.15) is 0 Å². The molecule has 0 saturated carbocycles. The number of pyridine rings is 1. The second kappa shape index (κ2) is 6.28. The van der Waals surface area contributed by atoms with Gasteiger partial charge in [0.15, 0.2) is 0 Å². The molecule has 122 valence electrons. The van der Waals surface area contributed by atoms with Gasteiger partial charge in [0.25, 0.3) is 0 Å². The summed E-state index contributed by atoms with van der Waals surface area (Å²) < 4.78 is 0. The Labute approximate surface area is 145 Å². The van der Waals surface area contributed by atoms with Gasteiger partial charge in [-0.1, -0.05) is 12.1 Å². The first-order chi connectivity index (χ1) is 12.3. The number of hydrogen-bond acceptors (Lipinski definition) is 4. The SMILES string of the molecule is C/C=C(\C=NC)c1ccnc2[nH]cc(-c3ccc4ncncc4c3)c12. The average molecular weight is 327 g/mol. The zero-order chi connectivity index (χ0) is 17.2. The fourth-order valence-corrected chi connectivity index (χ4v) is 3.12. The van der Waals surface area contributed by atoms with Crippen molar-refractivity contribution in [2.24, 2.45) is 4.99 Å². The van der Waals surface area contributed by atoms with Crippen molar-refractivity contribution in [3.05, 3.63) is 60.8 Å². The Kier molecular flexibility index (Phi) is 3.82. The predicted octanol–water partition coefficient (Wildman–Crippen LogP) is 4.28. The fourth-order valence-electron chi connectivity index (χ4n) is 3.12. The van der Waals surface area contributed by atoms with E-state index in [9.17, 15) is 0 Å². The van der Waals surface area contributed by atoms with E-state index in [0.29, 0.717) is 0 Å². The maximum absolute atomic E-state index is 4.48. The monoisotopic (exact) mass is 327 g/mol. The van der Waals surface area contributed by atoms with Crippen LogP contribution in [0.4, 0.5) is 0 Å². The molecule has 0 spiro atoms. The molecule has 0 fully saturated rings. The van der Waals surface area contributed by atoms with Crippen LogP contribution in [-0.4, -0.2) is 33.2 Å². The molecular weight excluding hydrogens is 310 g/mol. The molecule has 0 aliphatic rings. The maximum Gasteiger partial charge on any atom is 0.138 e. The van der Waals surface area contributed by atoms with Crippen LogP contribution >= 0.6 is 0 Å².